The van der Waals surface area contributed by atoms with Crippen molar-refractivity contribution in [1.29, 1.82) is 0 Å². The van der Waals surface area contributed by atoms with Gasteiger partial charge in [-0.2, -0.15) is 4.99 Å². The molecule has 0 aromatic heterocycles. The van der Waals surface area contributed by atoms with Crippen molar-refractivity contribution in [3.8, 4) is 11.8 Å². The van der Waals surface area contributed by atoms with E-state index in [0.29, 0.717) is 12.2 Å². The maximum Gasteiger partial charge on any atom is 0.240 e. The molecule has 1 N–H and O–H groups in total. The van der Waals surface area contributed by atoms with E-state index in [0.717, 1.165) is 5.56 Å². The van der Waals surface area contributed by atoms with Crippen LogP contribution in [0.2, 0.25) is 0 Å². The fraction of sp³-hybridized carbons (Fsp3) is 0.182. The van der Waals surface area contributed by atoms with Crippen molar-refractivity contribution in [1.82, 2.24) is 5.32 Å². The molecule has 0 aliphatic rings. The molecule has 0 aliphatic heterocycles. The normalized spacial score (nSPS) is 8.36. The summed E-state index contributed by atoms with van der Waals surface area (Å²) in [5.74, 6) is 5.86. The minimum absolute atomic E-state index is 0.580. The van der Waals surface area contributed by atoms with Crippen LogP contribution in [-0.4, -0.2) is 19.7 Å². The van der Waals surface area contributed by atoms with Crippen molar-refractivity contribution < 1.29 is 4.79 Å². The number of rotatable bonds is 2. The summed E-state index contributed by atoms with van der Waals surface area (Å²) in [7, 11) is 1.84. The van der Waals surface area contributed by atoms with Crippen LogP contribution in [-0.2, 0) is 4.79 Å². The molecule has 0 spiro atoms. The SMILES string of the molecule is CNCC#Cc1cccc(N=C=O)c1. The molecule has 1 aromatic rings. The van der Waals surface area contributed by atoms with Crippen molar-refractivity contribution in [2.45, 2.75) is 0 Å². The third-order valence-electron chi connectivity index (χ3n) is 1.52. The first-order valence-electron chi connectivity index (χ1n) is 4.18. The van der Waals surface area contributed by atoms with Crippen LogP contribution in [0, 0.1) is 11.8 Å². The Morgan fingerprint density at radius 3 is 3.07 bits per heavy atom. The first-order chi connectivity index (χ1) is 6.86. The van der Waals surface area contributed by atoms with Gasteiger partial charge in [-0.15, -0.1) is 0 Å². The molecule has 14 heavy (non-hydrogen) atoms. The Morgan fingerprint density at radius 2 is 2.36 bits per heavy atom. The summed E-state index contributed by atoms with van der Waals surface area (Å²) in [6.45, 7) is 0.640. The predicted molar refractivity (Wildman–Crippen MR) is 55.0 cm³/mol. The first kappa shape index (κ1) is 10.2. The third-order valence-corrected chi connectivity index (χ3v) is 1.52. The average Bonchev–Trinajstić information content (AvgIpc) is 2.19. The maximum absolute atomic E-state index is 10.0. The Balaban J connectivity index is 2.84. The van der Waals surface area contributed by atoms with Crippen molar-refractivity contribution in [2.24, 2.45) is 4.99 Å². The highest BCUT2D eigenvalue weighted by Crippen LogP contribution is 2.11. The molecular weight excluding hydrogens is 176 g/mol. The average molecular weight is 186 g/mol. The first-order valence-corrected chi connectivity index (χ1v) is 4.18. The lowest BCUT2D eigenvalue weighted by Gasteiger charge is -1.91. The molecule has 0 heterocycles. The van der Waals surface area contributed by atoms with Crippen molar-refractivity contribution in [3.63, 3.8) is 0 Å². The van der Waals surface area contributed by atoms with Gasteiger partial charge in [-0.1, -0.05) is 17.9 Å². The summed E-state index contributed by atoms with van der Waals surface area (Å²) in [5.41, 5.74) is 1.42. The Hall–Kier alpha value is -1.88. The molecule has 0 atom stereocenters. The van der Waals surface area contributed by atoms with Gasteiger partial charge in [0.15, 0.2) is 0 Å². The smallest absolute Gasteiger partial charge is 0.240 e. The number of aliphatic imine (C=N–C) groups is 1. The zero-order valence-electron chi connectivity index (χ0n) is 7.87. The molecule has 3 heteroatoms. The van der Waals surface area contributed by atoms with Crippen LogP contribution >= 0.6 is 0 Å². The molecule has 0 unspecified atom stereocenters. The van der Waals surface area contributed by atoms with Crippen LogP contribution in [0.3, 0.4) is 0 Å². The number of isocyanates is 1. The fourth-order valence-corrected chi connectivity index (χ4v) is 0.941. The summed E-state index contributed by atoms with van der Waals surface area (Å²) in [4.78, 5) is 13.5. The molecule has 70 valence electrons. The lowest BCUT2D eigenvalue weighted by Crippen LogP contribution is -2.04. The second-order valence-electron chi connectivity index (χ2n) is 2.59. The molecule has 1 aromatic carbocycles. The topological polar surface area (TPSA) is 41.5 Å². The molecule has 3 nitrogen and oxygen atoms in total. The molecular formula is C11H10N2O. The van der Waals surface area contributed by atoms with E-state index in [1.165, 1.54) is 6.08 Å². The van der Waals surface area contributed by atoms with Gasteiger partial charge in [-0.05, 0) is 25.2 Å². The molecule has 0 saturated heterocycles. The Kier molecular flexibility index (Phi) is 4.16. The number of benzene rings is 1. The van der Waals surface area contributed by atoms with Gasteiger partial charge in [0.05, 0.1) is 12.2 Å². The number of nitrogens with zero attached hydrogens (tertiary/aromatic N) is 1. The third kappa shape index (κ3) is 3.24. The molecule has 0 amide bonds. The minimum atomic E-state index is 0.580. The summed E-state index contributed by atoms with van der Waals surface area (Å²) < 4.78 is 0. The lowest BCUT2D eigenvalue weighted by atomic mass is 10.2. The molecule has 0 bridgehead atoms. The van der Waals surface area contributed by atoms with Crippen LogP contribution < -0.4 is 5.32 Å². The van der Waals surface area contributed by atoms with Crippen LogP contribution in [0.15, 0.2) is 29.3 Å². The van der Waals surface area contributed by atoms with E-state index in [2.05, 4.69) is 22.2 Å². The van der Waals surface area contributed by atoms with E-state index < -0.39 is 0 Å². The Labute approximate surface area is 82.9 Å². The van der Waals surface area contributed by atoms with E-state index in [1.54, 1.807) is 18.2 Å². The summed E-state index contributed by atoms with van der Waals surface area (Å²) in [5, 5.41) is 2.92. The van der Waals surface area contributed by atoms with Gasteiger partial charge in [-0.3, -0.25) is 0 Å². The highest BCUT2D eigenvalue weighted by Gasteiger charge is 1.89. The highest BCUT2D eigenvalue weighted by molar-refractivity contribution is 5.52. The minimum Gasteiger partial charge on any atom is -0.309 e. The van der Waals surface area contributed by atoms with Crippen molar-refractivity contribution in [2.75, 3.05) is 13.6 Å². The quantitative estimate of drug-likeness (QED) is 0.428. The number of hydrogen-bond acceptors (Lipinski definition) is 3. The second-order valence-corrected chi connectivity index (χ2v) is 2.59. The number of hydrogen-bond donors (Lipinski definition) is 1. The van der Waals surface area contributed by atoms with Crippen molar-refractivity contribution >= 4 is 11.8 Å². The van der Waals surface area contributed by atoms with E-state index in [4.69, 9.17) is 0 Å². The van der Waals surface area contributed by atoms with Crippen LogP contribution in [0.1, 0.15) is 5.56 Å². The van der Waals surface area contributed by atoms with Crippen LogP contribution in [0.4, 0.5) is 5.69 Å². The molecule has 0 radical (unpaired) electrons. The van der Waals surface area contributed by atoms with Gasteiger partial charge in [0, 0.05) is 5.56 Å². The van der Waals surface area contributed by atoms with Gasteiger partial charge in [0.2, 0.25) is 6.08 Å². The maximum atomic E-state index is 10.0. The van der Waals surface area contributed by atoms with Gasteiger partial charge in [0.1, 0.15) is 0 Å². The largest absolute Gasteiger partial charge is 0.309 e. The standard InChI is InChI=1S/C11H10N2O/c1-12-7-3-5-10-4-2-6-11(8-10)13-9-14/h2,4,6,8,12H,7H2,1H3. The van der Waals surface area contributed by atoms with Crippen molar-refractivity contribution in [3.05, 3.63) is 29.8 Å². The lowest BCUT2D eigenvalue weighted by molar-refractivity contribution is 0.565. The van der Waals surface area contributed by atoms with Gasteiger partial charge >= 0.3 is 0 Å². The van der Waals surface area contributed by atoms with Crippen LogP contribution in [0.25, 0.3) is 0 Å². The zero-order valence-corrected chi connectivity index (χ0v) is 7.87. The summed E-state index contributed by atoms with van der Waals surface area (Å²) >= 11 is 0. The van der Waals surface area contributed by atoms with E-state index >= 15 is 0 Å². The molecule has 1 rings (SSSR count). The molecule has 0 saturated carbocycles. The van der Waals surface area contributed by atoms with Gasteiger partial charge in [0.25, 0.3) is 0 Å². The fourth-order valence-electron chi connectivity index (χ4n) is 0.941. The number of nitrogens with one attached hydrogen (secondary N) is 1. The second kappa shape index (κ2) is 5.71. The van der Waals surface area contributed by atoms with E-state index in [9.17, 15) is 4.79 Å². The highest BCUT2D eigenvalue weighted by atomic mass is 16.1. The predicted octanol–water partition coefficient (Wildman–Crippen LogP) is 1.22. The monoisotopic (exact) mass is 186 g/mol. The van der Waals surface area contributed by atoms with E-state index in [1.807, 2.05) is 13.1 Å². The summed E-state index contributed by atoms with van der Waals surface area (Å²) in [6.07, 6.45) is 1.49. The Bertz CT molecular complexity index is 409. The zero-order chi connectivity index (χ0) is 10.2. The molecule has 0 aliphatic carbocycles. The Morgan fingerprint density at radius 1 is 1.50 bits per heavy atom. The molecule has 0 fully saturated rings. The van der Waals surface area contributed by atoms with Gasteiger partial charge < -0.3 is 5.32 Å². The van der Waals surface area contributed by atoms with E-state index in [-0.39, 0.29) is 0 Å². The van der Waals surface area contributed by atoms with Crippen LogP contribution in [0.5, 0.6) is 0 Å². The van der Waals surface area contributed by atoms with Gasteiger partial charge in [-0.25, -0.2) is 4.79 Å². The summed E-state index contributed by atoms with van der Waals surface area (Å²) in [6, 6.07) is 7.15. The number of carbonyl (C=O) groups excluding carboxylic acids is 1.